The van der Waals surface area contributed by atoms with Crippen LogP contribution in [0.1, 0.15) is 24.0 Å². The highest BCUT2D eigenvalue weighted by molar-refractivity contribution is 5.78. The van der Waals surface area contributed by atoms with Gasteiger partial charge in [0.05, 0.1) is 6.54 Å². The van der Waals surface area contributed by atoms with Gasteiger partial charge in [-0.15, -0.1) is 0 Å². The van der Waals surface area contributed by atoms with E-state index < -0.39 is 0 Å². The van der Waals surface area contributed by atoms with Crippen LogP contribution in [0.5, 0.6) is 0 Å². The SMILES string of the molecule is Cc1ccc(CN(C)C(=O)CN(C)C2CCCNC2)cc1. The number of carbonyl (C=O) groups excluding carboxylic acids is 1. The number of hydrogen-bond acceptors (Lipinski definition) is 3. The van der Waals surface area contributed by atoms with E-state index in [2.05, 4.69) is 48.5 Å². The fraction of sp³-hybridized carbons (Fsp3) is 0.588. The molecule has 1 heterocycles. The molecule has 1 aliphatic rings. The lowest BCUT2D eigenvalue weighted by Gasteiger charge is -2.32. The van der Waals surface area contributed by atoms with Gasteiger partial charge in [-0.25, -0.2) is 0 Å². The maximum absolute atomic E-state index is 12.3. The van der Waals surface area contributed by atoms with Crippen LogP contribution < -0.4 is 5.32 Å². The first-order chi connectivity index (χ1) is 10.1. The summed E-state index contributed by atoms with van der Waals surface area (Å²) in [6, 6.07) is 8.85. The summed E-state index contributed by atoms with van der Waals surface area (Å²) in [5, 5.41) is 3.40. The largest absolute Gasteiger partial charge is 0.340 e. The lowest BCUT2D eigenvalue weighted by molar-refractivity contribution is -0.131. The molecule has 1 N–H and O–H groups in total. The summed E-state index contributed by atoms with van der Waals surface area (Å²) in [4.78, 5) is 16.3. The Morgan fingerprint density at radius 2 is 2.00 bits per heavy atom. The number of amides is 1. The number of nitrogens with one attached hydrogen (secondary N) is 1. The molecule has 4 heteroatoms. The van der Waals surface area contributed by atoms with Crippen LogP contribution in [-0.2, 0) is 11.3 Å². The number of carbonyl (C=O) groups is 1. The standard InChI is InChI=1S/C17H27N3O/c1-14-6-8-15(9-7-14)12-20(3)17(21)13-19(2)16-5-4-10-18-11-16/h6-9,16,18H,4-5,10-13H2,1-3H3. The van der Waals surface area contributed by atoms with Crippen molar-refractivity contribution in [2.75, 3.05) is 33.7 Å². The first-order valence-electron chi connectivity index (χ1n) is 7.76. The Balaban J connectivity index is 1.82. The summed E-state index contributed by atoms with van der Waals surface area (Å²) >= 11 is 0. The molecule has 1 aromatic rings. The predicted octanol–water partition coefficient (Wildman–Crippen LogP) is 1.64. The van der Waals surface area contributed by atoms with E-state index >= 15 is 0 Å². The minimum atomic E-state index is 0.184. The molecule has 1 aromatic carbocycles. The second-order valence-electron chi connectivity index (χ2n) is 6.15. The lowest BCUT2D eigenvalue weighted by atomic mass is 10.1. The lowest BCUT2D eigenvalue weighted by Crippen LogP contribution is -2.47. The summed E-state index contributed by atoms with van der Waals surface area (Å²) in [5.74, 6) is 0.184. The van der Waals surface area contributed by atoms with E-state index in [0.717, 1.165) is 13.1 Å². The maximum atomic E-state index is 12.3. The highest BCUT2D eigenvalue weighted by Crippen LogP contribution is 2.10. The van der Waals surface area contributed by atoms with E-state index in [9.17, 15) is 4.79 Å². The molecular formula is C17H27N3O. The first-order valence-corrected chi connectivity index (χ1v) is 7.76. The zero-order chi connectivity index (χ0) is 15.2. The number of piperidine rings is 1. The van der Waals surface area contributed by atoms with Gasteiger partial charge in [-0.05, 0) is 38.9 Å². The molecule has 1 saturated heterocycles. The summed E-state index contributed by atoms with van der Waals surface area (Å²) in [6.45, 7) is 5.34. The molecule has 21 heavy (non-hydrogen) atoms. The Hall–Kier alpha value is -1.39. The van der Waals surface area contributed by atoms with Crippen molar-refractivity contribution in [2.24, 2.45) is 0 Å². The van der Waals surface area contributed by atoms with Gasteiger partial charge in [0, 0.05) is 26.2 Å². The first kappa shape index (κ1) is 16.0. The highest BCUT2D eigenvalue weighted by Gasteiger charge is 2.21. The number of likely N-dealkylation sites (N-methyl/N-ethyl adjacent to an activating group) is 2. The summed E-state index contributed by atoms with van der Waals surface area (Å²) in [6.07, 6.45) is 2.38. The van der Waals surface area contributed by atoms with E-state index in [1.54, 1.807) is 0 Å². The van der Waals surface area contributed by atoms with E-state index in [1.807, 2.05) is 11.9 Å². The predicted molar refractivity (Wildman–Crippen MR) is 86.2 cm³/mol. The van der Waals surface area contributed by atoms with Gasteiger partial charge < -0.3 is 10.2 Å². The van der Waals surface area contributed by atoms with Crippen LogP contribution in [0, 0.1) is 6.92 Å². The average molecular weight is 289 g/mol. The molecule has 4 nitrogen and oxygen atoms in total. The number of hydrogen-bond donors (Lipinski definition) is 1. The molecule has 0 aromatic heterocycles. The van der Waals surface area contributed by atoms with Crippen LogP contribution in [0.2, 0.25) is 0 Å². The molecule has 0 spiro atoms. The Morgan fingerprint density at radius 3 is 2.62 bits per heavy atom. The maximum Gasteiger partial charge on any atom is 0.236 e. The van der Waals surface area contributed by atoms with Crippen molar-refractivity contribution < 1.29 is 4.79 Å². The Bertz CT molecular complexity index is 452. The molecule has 1 amide bonds. The molecule has 1 aliphatic heterocycles. The summed E-state index contributed by atoms with van der Waals surface area (Å²) < 4.78 is 0. The second kappa shape index (κ2) is 7.57. The van der Waals surface area contributed by atoms with Gasteiger partial charge in [0.2, 0.25) is 5.91 Å². The molecule has 1 fully saturated rings. The number of aryl methyl sites for hydroxylation is 1. The van der Waals surface area contributed by atoms with E-state index in [-0.39, 0.29) is 5.91 Å². The molecule has 1 atom stereocenters. The van der Waals surface area contributed by atoms with Crippen LogP contribution in [-0.4, -0.2) is 55.5 Å². The second-order valence-corrected chi connectivity index (χ2v) is 6.15. The molecule has 0 aliphatic carbocycles. The van der Waals surface area contributed by atoms with E-state index in [1.165, 1.54) is 24.0 Å². The summed E-state index contributed by atoms with van der Waals surface area (Å²) in [7, 11) is 3.93. The van der Waals surface area contributed by atoms with Crippen LogP contribution in [0.3, 0.4) is 0 Å². The fourth-order valence-corrected chi connectivity index (χ4v) is 2.73. The van der Waals surface area contributed by atoms with Crippen LogP contribution >= 0.6 is 0 Å². The molecule has 0 bridgehead atoms. The van der Waals surface area contributed by atoms with Crippen LogP contribution in [0.25, 0.3) is 0 Å². The van der Waals surface area contributed by atoms with Gasteiger partial charge in [0.15, 0.2) is 0 Å². The Morgan fingerprint density at radius 1 is 1.29 bits per heavy atom. The van der Waals surface area contributed by atoms with Crippen molar-refractivity contribution in [3.8, 4) is 0 Å². The number of nitrogens with zero attached hydrogens (tertiary/aromatic N) is 2. The van der Waals surface area contributed by atoms with Gasteiger partial charge >= 0.3 is 0 Å². The molecule has 0 saturated carbocycles. The topological polar surface area (TPSA) is 35.6 Å². The minimum absolute atomic E-state index is 0.184. The third kappa shape index (κ3) is 4.83. The Labute approximate surface area is 128 Å². The van der Waals surface area contributed by atoms with Crippen LogP contribution in [0.4, 0.5) is 0 Å². The van der Waals surface area contributed by atoms with Crippen molar-refractivity contribution in [1.82, 2.24) is 15.1 Å². The number of rotatable bonds is 5. The molecule has 0 radical (unpaired) electrons. The zero-order valence-electron chi connectivity index (χ0n) is 13.4. The molecule has 1 unspecified atom stereocenters. The van der Waals surface area contributed by atoms with Crippen molar-refractivity contribution in [1.29, 1.82) is 0 Å². The normalized spacial score (nSPS) is 18.8. The smallest absolute Gasteiger partial charge is 0.236 e. The average Bonchev–Trinajstić information content (AvgIpc) is 2.50. The van der Waals surface area contributed by atoms with Crippen molar-refractivity contribution in [3.63, 3.8) is 0 Å². The van der Waals surface area contributed by atoms with Crippen molar-refractivity contribution in [2.45, 2.75) is 32.4 Å². The number of benzene rings is 1. The monoisotopic (exact) mass is 289 g/mol. The molecular weight excluding hydrogens is 262 g/mol. The van der Waals surface area contributed by atoms with E-state index in [4.69, 9.17) is 0 Å². The molecule has 2 rings (SSSR count). The Kier molecular flexibility index (Phi) is 5.76. The molecule has 116 valence electrons. The fourth-order valence-electron chi connectivity index (χ4n) is 2.73. The van der Waals surface area contributed by atoms with Crippen molar-refractivity contribution in [3.05, 3.63) is 35.4 Å². The third-order valence-electron chi connectivity index (χ3n) is 4.24. The van der Waals surface area contributed by atoms with Gasteiger partial charge in [0.25, 0.3) is 0 Å². The van der Waals surface area contributed by atoms with Crippen molar-refractivity contribution >= 4 is 5.91 Å². The van der Waals surface area contributed by atoms with E-state index in [0.29, 0.717) is 19.1 Å². The van der Waals surface area contributed by atoms with Gasteiger partial charge in [-0.2, -0.15) is 0 Å². The quantitative estimate of drug-likeness (QED) is 0.895. The van der Waals surface area contributed by atoms with Gasteiger partial charge in [-0.1, -0.05) is 29.8 Å². The van der Waals surface area contributed by atoms with Gasteiger partial charge in [-0.3, -0.25) is 9.69 Å². The highest BCUT2D eigenvalue weighted by atomic mass is 16.2. The minimum Gasteiger partial charge on any atom is -0.340 e. The van der Waals surface area contributed by atoms with Gasteiger partial charge in [0.1, 0.15) is 0 Å². The van der Waals surface area contributed by atoms with Crippen LogP contribution in [0.15, 0.2) is 24.3 Å². The zero-order valence-corrected chi connectivity index (χ0v) is 13.4. The third-order valence-corrected chi connectivity index (χ3v) is 4.24. The summed E-state index contributed by atoms with van der Waals surface area (Å²) in [5.41, 5.74) is 2.43.